The third kappa shape index (κ3) is 6.24. The summed E-state index contributed by atoms with van der Waals surface area (Å²) in [4.78, 5) is 15.9. The molecule has 2 N–H and O–H groups in total. The fraction of sp³-hybridized carbons (Fsp3) is 0.294. The number of nitrogens with zero attached hydrogens (tertiary/aromatic N) is 1. The van der Waals surface area contributed by atoms with Crippen molar-refractivity contribution in [3.8, 4) is 0 Å². The summed E-state index contributed by atoms with van der Waals surface area (Å²) >= 11 is 5.83. The van der Waals surface area contributed by atoms with Gasteiger partial charge >= 0.3 is 0 Å². The molecule has 0 aliphatic carbocycles. The molecule has 2 rings (SSSR count). The van der Waals surface area contributed by atoms with Crippen molar-refractivity contribution in [2.24, 2.45) is 0 Å². The van der Waals surface area contributed by atoms with Crippen molar-refractivity contribution in [1.82, 2.24) is 15.6 Å². The normalized spacial score (nSPS) is 10.4. The molecule has 0 saturated carbocycles. The number of hydrogen-bond donors (Lipinski definition) is 2. The van der Waals surface area contributed by atoms with Crippen LogP contribution in [0.4, 0.5) is 0 Å². The SMILES string of the molecule is O=C(CCNCc1ccccn1)NCCc1ccc(Cl)cc1. The smallest absolute Gasteiger partial charge is 0.221 e. The topological polar surface area (TPSA) is 54.0 Å². The first-order valence-electron chi connectivity index (χ1n) is 7.36. The van der Waals surface area contributed by atoms with Crippen molar-refractivity contribution in [3.63, 3.8) is 0 Å². The van der Waals surface area contributed by atoms with Gasteiger partial charge in [0, 0.05) is 37.3 Å². The fourth-order valence-corrected chi connectivity index (χ4v) is 2.13. The lowest BCUT2D eigenvalue weighted by Crippen LogP contribution is -2.29. The quantitative estimate of drug-likeness (QED) is 0.736. The van der Waals surface area contributed by atoms with Gasteiger partial charge in [0.15, 0.2) is 0 Å². The number of rotatable bonds is 8. The molecule has 5 heteroatoms. The summed E-state index contributed by atoms with van der Waals surface area (Å²) in [6.45, 7) is 1.96. The Balaban J connectivity index is 1.55. The summed E-state index contributed by atoms with van der Waals surface area (Å²) in [5.74, 6) is 0.0579. The summed E-state index contributed by atoms with van der Waals surface area (Å²) < 4.78 is 0. The Morgan fingerprint density at radius 1 is 1.09 bits per heavy atom. The predicted octanol–water partition coefficient (Wildman–Crippen LogP) is 2.57. The molecule has 22 heavy (non-hydrogen) atoms. The number of carbonyl (C=O) groups is 1. The maximum Gasteiger partial charge on any atom is 0.221 e. The number of halogens is 1. The van der Waals surface area contributed by atoms with Crippen molar-refractivity contribution in [1.29, 1.82) is 0 Å². The Kier molecular flexibility index (Phi) is 6.87. The Bertz CT molecular complexity index is 572. The second kappa shape index (κ2) is 9.18. The maximum absolute atomic E-state index is 11.7. The van der Waals surface area contributed by atoms with Crippen molar-refractivity contribution >= 4 is 17.5 Å². The Hall–Kier alpha value is -1.91. The molecule has 1 amide bonds. The van der Waals surface area contributed by atoms with E-state index in [-0.39, 0.29) is 5.91 Å². The monoisotopic (exact) mass is 317 g/mol. The van der Waals surface area contributed by atoms with E-state index in [1.807, 2.05) is 42.5 Å². The molecule has 0 spiro atoms. The fourth-order valence-electron chi connectivity index (χ4n) is 2.01. The molecule has 0 saturated heterocycles. The molecular weight excluding hydrogens is 298 g/mol. The van der Waals surface area contributed by atoms with Crippen LogP contribution in [0.25, 0.3) is 0 Å². The number of pyridine rings is 1. The van der Waals surface area contributed by atoms with Crippen LogP contribution in [0.5, 0.6) is 0 Å². The zero-order valence-electron chi connectivity index (χ0n) is 12.4. The highest BCUT2D eigenvalue weighted by molar-refractivity contribution is 6.30. The van der Waals surface area contributed by atoms with Gasteiger partial charge in [-0.15, -0.1) is 0 Å². The molecule has 2 aromatic rings. The number of amides is 1. The molecule has 1 aromatic carbocycles. The van der Waals surface area contributed by atoms with E-state index in [1.54, 1.807) is 6.20 Å². The van der Waals surface area contributed by atoms with Crippen molar-refractivity contribution in [2.75, 3.05) is 13.1 Å². The van der Waals surface area contributed by atoms with Crippen LogP contribution in [0.3, 0.4) is 0 Å². The molecule has 0 bridgehead atoms. The second-order valence-electron chi connectivity index (χ2n) is 4.97. The van der Waals surface area contributed by atoms with Gasteiger partial charge in [-0.1, -0.05) is 29.8 Å². The van der Waals surface area contributed by atoms with Gasteiger partial charge < -0.3 is 10.6 Å². The third-order valence-corrected chi connectivity index (χ3v) is 3.46. The molecule has 0 unspecified atom stereocenters. The first-order chi connectivity index (χ1) is 10.7. The van der Waals surface area contributed by atoms with Crippen LogP contribution in [0.2, 0.25) is 5.02 Å². The molecular formula is C17H20ClN3O. The average Bonchev–Trinajstić information content (AvgIpc) is 2.54. The van der Waals surface area contributed by atoms with E-state index in [1.165, 1.54) is 0 Å². The minimum Gasteiger partial charge on any atom is -0.356 e. The zero-order valence-corrected chi connectivity index (χ0v) is 13.1. The highest BCUT2D eigenvalue weighted by atomic mass is 35.5. The van der Waals surface area contributed by atoms with E-state index in [0.717, 1.165) is 22.7 Å². The number of aromatic nitrogens is 1. The van der Waals surface area contributed by atoms with E-state index in [4.69, 9.17) is 11.6 Å². The lowest BCUT2D eigenvalue weighted by molar-refractivity contribution is -0.120. The summed E-state index contributed by atoms with van der Waals surface area (Å²) in [7, 11) is 0. The predicted molar refractivity (Wildman–Crippen MR) is 88.7 cm³/mol. The Morgan fingerprint density at radius 3 is 2.64 bits per heavy atom. The van der Waals surface area contributed by atoms with Gasteiger partial charge in [0.1, 0.15) is 0 Å². The minimum atomic E-state index is 0.0579. The highest BCUT2D eigenvalue weighted by Gasteiger charge is 2.01. The van der Waals surface area contributed by atoms with E-state index < -0.39 is 0 Å². The van der Waals surface area contributed by atoms with Crippen molar-refractivity contribution in [2.45, 2.75) is 19.4 Å². The van der Waals surface area contributed by atoms with Crippen LogP contribution < -0.4 is 10.6 Å². The van der Waals surface area contributed by atoms with E-state index >= 15 is 0 Å². The van der Waals surface area contributed by atoms with Crippen LogP contribution in [-0.4, -0.2) is 24.0 Å². The number of carbonyl (C=O) groups excluding carboxylic acids is 1. The first kappa shape index (κ1) is 16.5. The van der Waals surface area contributed by atoms with Crippen LogP contribution in [0.1, 0.15) is 17.7 Å². The highest BCUT2D eigenvalue weighted by Crippen LogP contribution is 2.09. The lowest BCUT2D eigenvalue weighted by Gasteiger charge is -2.06. The molecule has 0 aliphatic rings. The van der Waals surface area contributed by atoms with Crippen LogP contribution in [0.15, 0.2) is 48.7 Å². The summed E-state index contributed by atoms with van der Waals surface area (Å²) in [6, 6.07) is 13.5. The first-order valence-corrected chi connectivity index (χ1v) is 7.73. The van der Waals surface area contributed by atoms with Crippen molar-refractivity contribution < 1.29 is 4.79 Å². The molecule has 116 valence electrons. The van der Waals surface area contributed by atoms with Crippen LogP contribution >= 0.6 is 11.6 Å². The molecule has 1 aromatic heterocycles. The summed E-state index contributed by atoms with van der Waals surface area (Å²) in [6.07, 6.45) is 3.04. The van der Waals surface area contributed by atoms with Gasteiger partial charge in [-0.3, -0.25) is 9.78 Å². The van der Waals surface area contributed by atoms with E-state index in [0.29, 0.717) is 26.1 Å². The number of nitrogens with one attached hydrogen (secondary N) is 2. The lowest BCUT2D eigenvalue weighted by atomic mass is 10.1. The van der Waals surface area contributed by atoms with E-state index in [9.17, 15) is 4.79 Å². The van der Waals surface area contributed by atoms with Gasteiger partial charge in [-0.2, -0.15) is 0 Å². The second-order valence-corrected chi connectivity index (χ2v) is 5.41. The summed E-state index contributed by atoms with van der Waals surface area (Å²) in [5.41, 5.74) is 2.14. The maximum atomic E-state index is 11.7. The third-order valence-electron chi connectivity index (χ3n) is 3.21. The number of hydrogen-bond acceptors (Lipinski definition) is 3. The average molecular weight is 318 g/mol. The largest absolute Gasteiger partial charge is 0.356 e. The van der Waals surface area contributed by atoms with Gasteiger partial charge in [-0.25, -0.2) is 0 Å². The van der Waals surface area contributed by atoms with Gasteiger partial charge in [0.25, 0.3) is 0 Å². The molecule has 0 fully saturated rings. The number of benzene rings is 1. The molecule has 0 radical (unpaired) electrons. The molecule has 4 nitrogen and oxygen atoms in total. The van der Waals surface area contributed by atoms with Gasteiger partial charge in [0.2, 0.25) is 5.91 Å². The molecule has 0 aliphatic heterocycles. The zero-order chi connectivity index (χ0) is 15.6. The molecule has 1 heterocycles. The van der Waals surface area contributed by atoms with Gasteiger partial charge in [-0.05, 0) is 36.2 Å². The van der Waals surface area contributed by atoms with Gasteiger partial charge in [0.05, 0.1) is 5.69 Å². The Labute approximate surface area is 135 Å². The van der Waals surface area contributed by atoms with Crippen LogP contribution in [-0.2, 0) is 17.8 Å². The molecule has 0 atom stereocenters. The minimum absolute atomic E-state index is 0.0579. The van der Waals surface area contributed by atoms with Crippen LogP contribution in [0, 0.1) is 0 Å². The summed E-state index contributed by atoms with van der Waals surface area (Å²) in [5, 5.41) is 6.85. The van der Waals surface area contributed by atoms with E-state index in [2.05, 4.69) is 15.6 Å². The standard InChI is InChI=1S/C17H20ClN3O/c18-15-6-4-14(5-7-15)8-12-21-17(22)9-11-19-13-16-3-1-2-10-20-16/h1-7,10,19H,8-9,11-13H2,(H,21,22). The van der Waals surface area contributed by atoms with Crippen molar-refractivity contribution in [3.05, 3.63) is 64.9 Å². The Morgan fingerprint density at radius 2 is 1.91 bits per heavy atom.